The van der Waals surface area contributed by atoms with E-state index in [0.717, 1.165) is 10.5 Å². The Morgan fingerprint density at radius 1 is 1.04 bits per heavy atom. The minimum atomic E-state index is -0.778. The molecule has 1 heterocycles. The third-order valence-electron chi connectivity index (χ3n) is 4.50. The van der Waals surface area contributed by atoms with E-state index in [1.807, 2.05) is 37.3 Å². The molecule has 2 aromatic carbocycles. The zero-order valence-corrected chi connectivity index (χ0v) is 15.4. The molecule has 0 unspecified atom stereocenters. The number of hydrogen-bond donors (Lipinski definition) is 1. The topological polar surface area (TPSA) is 92.8 Å². The van der Waals surface area contributed by atoms with Gasteiger partial charge in [0.05, 0.1) is 11.3 Å². The number of anilines is 1. The van der Waals surface area contributed by atoms with Crippen molar-refractivity contribution in [3.8, 4) is 0 Å². The zero-order chi connectivity index (χ0) is 20.1. The molecule has 1 N–H and O–H groups in total. The van der Waals surface area contributed by atoms with Crippen molar-refractivity contribution in [3.63, 3.8) is 0 Å². The smallest absolute Gasteiger partial charge is 0.326 e. The van der Waals surface area contributed by atoms with Gasteiger partial charge in [0.2, 0.25) is 0 Å². The van der Waals surface area contributed by atoms with Crippen LogP contribution < -0.4 is 10.2 Å². The first-order valence-corrected chi connectivity index (χ1v) is 8.90. The molecule has 2 amide bonds. The number of Topliss-reactive ketones (excluding diaryl/α,β-unsaturated/α-hetero) is 1. The maximum Gasteiger partial charge on any atom is 0.326 e. The van der Waals surface area contributed by atoms with Gasteiger partial charge in [-0.05, 0) is 23.6 Å². The molecule has 28 heavy (non-hydrogen) atoms. The quantitative estimate of drug-likeness (QED) is 0.583. The van der Waals surface area contributed by atoms with Gasteiger partial charge in [0, 0.05) is 6.54 Å². The summed E-state index contributed by atoms with van der Waals surface area (Å²) in [6.45, 7) is 1.52. The Bertz CT molecular complexity index is 910. The molecule has 144 valence electrons. The van der Waals surface area contributed by atoms with Crippen LogP contribution in [0.15, 0.2) is 54.6 Å². The van der Waals surface area contributed by atoms with Crippen molar-refractivity contribution in [2.24, 2.45) is 0 Å². The second-order valence-corrected chi connectivity index (χ2v) is 6.51. The van der Waals surface area contributed by atoms with Gasteiger partial charge in [0.25, 0.3) is 17.6 Å². The lowest BCUT2D eigenvalue weighted by atomic mass is 10.0. The molecule has 0 saturated carbocycles. The molecular formula is C21H20N2O5. The monoisotopic (exact) mass is 380 g/mol. The Hall–Kier alpha value is -3.48. The fraction of sp³-hybridized carbons (Fsp3) is 0.238. The summed E-state index contributed by atoms with van der Waals surface area (Å²) in [5, 5.41) is 2.71. The van der Waals surface area contributed by atoms with E-state index in [2.05, 4.69) is 5.32 Å². The average Bonchev–Trinajstić information content (AvgIpc) is 2.96. The lowest BCUT2D eigenvalue weighted by molar-refractivity contribution is -0.147. The summed E-state index contributed by atoms with van der Waals surface area (Å²) in [4.78, 5) is 48.9. The standard InChI is InChI=1S/C21H20N2O5/c1-14(15-7-3-2-4-8-15)11-22-18(24)13-28-19(25)12-23-17-10-6-5-9-16(17)20(26)21(23)27/h2-10,14H,11-13H2,1H3,(H,22,24)/t14-/m1/s1. The first-order valence-electron chi connectivity index (χ1n) is 8.90. The number of para-hydroxylation sites is 1. The Kier molecular flexibility index (Phi) is 5.84. The van der Waals surface area contributed by atoms with E-state index < -0.39 is 36.7 Å². The average molecular weight is 380 g/mol. The summed E-state index contributed by atoms with van der Waals surface area (Å²) < 4.78 is 4.95. The summed E-state index contributed by atoms with van der Waals surface area (Å²) in [5.74, 6) is -2.51. The number of carbonyl (C=O) groups excluding carboxylic acids is 4. The van der Waals surface area contributed by atoms with Crippen molar-refractivity contribution in [2.45, 2.75) is 12.8 Å². The maximum atomic E-state index is 12.0. The van der Waals surface area contributed by atoms with Gasteiger partial charge in [-0.3, -0.25) is 24.1 Å². The zero-order valence-electron chi connectivity index (χ0n) is 15.4. The molecule has 0 fully saturated rings. The minimum Gasteiger partial charge on any atom is -0.454 e. The molecule has 1 aliphatic heterocycles. The molecule has 3 rings (SSSR count). The highest BCUT2D eigenvalue weighted by Gasteiger charge is 2.36. The van der Waals surface area contributed by atoms with Crippen LogP contribution in [0.4, 0.5) is 5.69 Å². The van der Waals surface area contributed by atoms with Crippen LogP contribution in [0, 0.1) is 0 Å². The number of ketones is 1. The predicted octanol–water partition coefficient (Wildman–Crippen LogP) is 1.68. The van der Waals surface area contributed by atoms with Crippen molar-refractivity contribution in [3.05, 3.63) is 65.7 Å². The number of amides is 2. The lowest BCUT2D eigenvalue weighted by Gasteiger charge is -2.16. The van der Waals surface area contributed by atoms with Crippen molar-refractivity contribution < 1.29 is 23.9 Å². The van der Waals surface area contributed by atoms with Gasteiger partial charge in [-0.25, -0.2) is 0 Å². The van der Waals surface area contributed by atoms with Crippen LogP contribution in [-0.2, 0) is 19.1 Å². The fourth-order valence-corrected chi connectivity index (χ4v) is 2.94. The van der Waals surface area contributed by atoms with Crippen LogP contribution in [0.25, 0.3) is 0 Å². The van der Waals surface area contributed by atoms with Gasteiger partial charge in [0.15, 0.2) is 6.61 Å². The van der Waals surface area contributed by atoms with E-state index in [0.29, 0.717) is 12.2 Å². The van der Waals surface area contributed by atoms with E-state index in [-0.39, 0.29) is 11.5 Å². The highest BCUT2D eigenvalue weighted by molar-refractivity contribution is 6.52. The Balaban J connectivity index is 1.46. The number of nitrogens with one attached hydrogen (secondary N) is 1. The Labute approximate surface area is 162 Å². The van der Waals surface area contributed by atoms with Crippen molar-refractivity contribution in [1.82, 2.24) is 5.32 Å². The third-order valence-corrected chi connectivity index (χ3v) is 4.50. The SMILES string of the molecule is C[C@H](CNC(=O)COC(=O)CN1C(=O)C(=O)c2ccccc21)c1ccccc1. The summed E-state index contributed by atoms with van der Waals surface area (Å²) in [6.07, 6.45) is 0. The van der Waals surface area contributed by atoms with Gasteiger partial charge >= 0.3 is 5.97 Å². The highest BCUT2D eigenvalue weighted by atomic mass is 16.5. The molecule has 0 spiro atoms. The van der Waals surface area contributed by atoms with Crippen LogP contribution >= 0.6 is 0 Å². The van der Waals surface area contributed by atoms with Crippen LogP contribution in [0.2, 0.25) is 0 Å². The number of rotatable bonds is 7. The summed E-state index contributed by atoms with van der Waals surface area (Å²) in [6, 6.07) is 16.2. The molecule has 0 aromatic heterocycles. The Morgan fingerprint density at radius 3 is 2.46 bits per heavy atom. The van der Waals surface area contributed by atoms with Crippen molar-refractivity contribution in [1.29, 1.82) is 0 Å². The minimum absolute atomic E-state index is 0.116. The lowest BCUT2D eigenvalue weighted by Crippen LogP contribution is -2.37. The molecule has 1 atom stereocenters. The van der Waals surface area contributed by atoms with E-state index in [4.69, 9.17) is 4.74 Å². The molecule has 0 aliphatic carbocycles. The number of hydrogen-bond acceptors (Lipinski definition) is 5. The fourth-order valence-electron chi connectivity index (χ4n) is 2.94. The molecule has 7 nitrogen and oxygen atoms in total. The number of carbonyl (C=O) groups is 4. The summed E-state index contributed by atoms with van der Waals surface area (Å²) >= 11 is 0. The van der Waals surface area contributed by atoms with E-state index >= 15 is 0 Å². The number of fused-ring (bicyclic) bond motifs is 1. The van der Waals surface area contributed by atoms with Gasteiger partial charge in [-0.2, -0.15) is 0 Å². The third kappa shape index (κ3) is 4.25. The van der Waals surface area contributed by atoms with E-state index in [9.17, 15) is 19.2 Å². The number of esters is 1. The van der Waals surface area contributed by atoms with Crippen LogP contribution in [0.3, 0.4) is 0 Å². The van der Waals surface area contributed by atoms with Gasteiger partial charge in [-0.15, -0.1) is 0 Å². The number of benzene rings is 2. The first-order chi connectivity index (χ1) is 13.5. The summed E-state index contributed by atoms with van der Waals surface area (Å²) in [5.41, 5.74) is 1.72. The molecule has 0 bridgehead atoms. The normalized spacial score (nSPS) is 13.8. The van der Waals surface area contributed by atoms with E-state index in [1.54, 1.807) is 18.2 Å². The van der Waals surface area contributed by atoms with Crippen molar-refractivity contribution in [2.75, 3.05) is 24.6 Å². The molecule has 0 radical (unpaired) electrons. The van der Waals surface area contributed by atoms with Crippen LogP contribution in [0.1, 0.15) is 28.8 Å². The predicted molar refractivity (Wildman–Crippen MR) is 102 cm³/mol. The van der Waals surface area contributed by atoms with Gasteiger partial charge in [0.1, 0.15) is 6.54 Å². The maximum absolute atomic E-state index is 12.0. The summed E-state index contributed by atoms with van der Waals surface area (Å²) in [7, 11) is 0. The van der Waals surface area contributed by atoms with Crippen molar-refractivity contribution >= 4 is 29.3 Å². The first kappa shape index (κ1) is 19.3. The molecule has 0 saturated heterocycles. The Morgan fingerprint density at radius 2 is 1.71 bits per heavy atom. The van der Waals surface area contributed by atoms with E-state index in [1.165, 1.54) is 6.07 Å². The van der Waals surface area contributed by atoms with Gasteiger partial charge in [-0.1, -0.05) is 49.4 Å². The van der Waals surface area contributed by atoms with Gasteiger partial charge < -0.3 is 10.1 Å². The second kappa shape index (κ2) is 8.47. The molecule has 2 aromatic rings. The molecule has 7 heteroatoms. The molecular weight excluding hydrogens is 360 g/mol. The highest BCUT2D eigenvalue weighted by Crippen LogP contribution is 2.28. The number of ether oxygens (including phenoxy) is 1. The van der Waals surface area contributed by atoms with Crippen LogP contribution in [0.5, 0.6) is 0 Å². The molecule has 1 aliphatic rings. The number of nitrogens with zero attached hydrogens (tertiary/aromatic N) is 1. The van der Waals surface area contributed by atoms with Crippen LogP contribution in [-0.4, -0.2) is 43.3 Å². The second-order valence-electron chi connectivity index (χ2n) is 6.51. The largest absolute Gasteiger partial charge is 0.454 e.